The van der Waals surface area contributed by atoms with Gasteiger partial charge in [-0.3, -0.25) is 4.79 Å². The van der Waals surface area contributed by atoms with Crippen molar-refractivity contribution in [1.82, 2.24) is 4.90 Å². The Labute approximate surface area is 95.1 Å². The van der Waals surface area contributed by atoms with Gasteiger partial charge >= 0.3 is 5.97 Å². The number of hydrogen-bond donors (Lipinski definition) is 0. The van der Waals surface area contributed by atoms with Gasteiger partial charge in [0.15, 0.2) is 0 Å². The molecular weight excluding hydrogens is 190 g/mol. The lowest BCUT2D eigenvalue weighted by Gasteiger charge is -2.19. The van der Waals surface area contributed by atoms with E-state index in [1.165, 1.54) is 7.11 Å². The maximum atomic E-state index is 10.7. The Morgan fingerprint density at radius 1 is 1.33 bits per heavy atom. The van der Waals surface area contributed by atoms with Gasteiger partial charge in [-0.05, 0) is 20.9 Å². The molecule has 0 fully saturated rings. The molecule has 15 heavy (non-hydrogen) atoms. The third-order valence-corrected chi connectivity index (χ3v) is 1.78. The van der Waals surface area contributed by atoms with Crippen molar-refractivity contribution in [3.63, 3.8) is 0 Å². The second-order valence-corrected chi connectivity index (χ2v) is 2.90. The zero-order valence-corrected chi connectivity index (χ0v) is 11.2. The number of rotatable bonds is 4. The molecule has 0 spiro atoms. The van der Waals surface area contributed by atoms with Gasteiger partial charge in [-0.15, -0.1) is 13.2 Å². The molecule has 0 aliphatic heterocycles. The second kappa shape index (κ2) is 15.6. The Kier molecular flexibility index (Phi) is 20.5. The number of ether oxygens (including phenoxy) is 1. The molecule has 0 aromatic heterocycles. The van der Waals surface area contributed by atoms with E-state index in [2.05, 4.69) is 36.6 Å². The van der Waals surface area contributed by atoms with Gasteiger partial charge in [-0.2, -0.15) is 0 Å². The number of hydrogen-bond acceptors (Lipinski definition) is 3. The van der Waals surface area contributed by atoms with Crippen molar-refractivity contribution < 1.29 is 9.53 Å². The molecular formula is C12H27NO2. The van der Waals surface area contributed by atoms with E-state index in [0.717, 1.165) is 6.54 Å². The Balaban J connectivity index is -0.000000318. The molecule has 0 N–H and O–H groups in total. The topological polar surface area (TPSA) is 29.5 Å². The number of carbonyl (C=O) groups is 1. The van der Waals surface area contributed by atoms with Crippen LogP contribution in [0, 0.1) is 0 Å². The van der Waals surface area contributed by atoms with E-state index >= 15 is 0 Å². The van der Waals surface area contributed by atoms with Gasteiger partial charge in [0.1, 0.15) is 0 Å². The van der Waals surface area contributed by atoms with Gasteiger partial charge in [0.2, 0.25) is 0 Å². The quantitative estimate of drug-likeness (QED) is 0.535. The van der Waals surface area contributed by atoms with E-state index in [9.17, 15) is 4.79 Å². The fourth-order valence-corrected chi connectivity index (χ4v) is 0.628. The van der Waals surface area contributed by atoms with Crippen molar-refractivity contribution in [1.29, 1.82) is 0 Å². The predicted octanol–water partition coefficient (Wildman–Crippen LogP) is 2.72. The minimum Gasteiger partial charge on any atom is -0.469 e. The van der Waals surface area contributed by atoms with E-state index in [4.69, 9.17) is 0 Å². The summed E-state index contributed by atoms with van der Waals surface area (Å²) in [5.74, 6) is -0.141. The first-order valence-electron chi connectivity index (χ1n) is 5.35. The van der Waals surface area contributed by atoms with Crippen molar-refractivity contribution in [3.05, 3.63) is 13.2 Å². The van der Waals surface area contributed by atoms with Gasteiger partial charge in [0.25, 0.3) is 0 Å². The lowest BCUT2D eigenvalue weighted by molar-refractivity contribution is -0.140. The van der Waals surface area contributed by atoms with Crippen LogP contribution in [0.3, 0.4) is 0 Å². The first-order valence-corrected chi connectivity index (χ1v) is 5.35. The summed E-state index contributed by atoms with van der Waals surface area (Å²) in [4.78, 5) is 12.8. The highest BCUT2D eigenvalue weighted by atomic mass is 16.5. The SMILES string of the molecule is C=C.CC.COC(=O)CCN(C)C(C)C. The second-order valence-electron chi connectivity index (χ2n) is 2.90. The lowest BCUT2D eigenvalue weighted by Crippen LogP contribution is -2.28. The standard InChI is InChI=1S/C8H17NO2.C2H6.C2H4/c1-7(2)9(3)6-5-8(10)11-4;2*1-2/h7H,5-6H2,1-4H3;1-2H3;1-2H2. The number of nitrogens with zero attached hydrogens (tertiary/aromatic N) is 1. The zero-order chi connectivity index (χ0) is 12.9. The molecule has 0 aromatic carbocycles. The molecule has 0 rings (SSSR count). The van der Waals surface area contributed by atoms with Crippen molar-refractivity contribution in [3.8, 4) is 0 Å². The van der Waals surface area contributed by atoms with Crippen molar-refractivity contribution in [2.45, 2.75) is 40.2 Å². The molecule has 0 bridgehead atoms. The fraction of sp³-hybridized carbons (Fsp3) is 0.750. The van der Waals surface area contributed by atoms with E-state index in [1.54, 1.807) is 0 Å². The molecule has 0 atom stereocenters. The van der Waals surface area contributed by atoms with E-state index in [-0.39, 0.29) is 5.97 Å². The largest absolute Gasteiger partial charge is 0.469 e. The van der Waals surface area contributed by atoms with E-state index in [0.29, 0.717) is 12.5 Å². The smallest absolute Gasteiger partial charge is 0.306 e. The van der Waals surface area contributed by atoms with Crippen LogP contribution in [0.5, 0.6) is 0 Å². The molecule has 3 nitrogen and oxygen atoms in total. The van der Waals surface area contributed by atoms with E-state index in [1.807, 2.05) is 20.9 Å². The highest BCUT2D eigenvalue weighted by molar-refractivity contribution is 5.69. The van der Waals surface area contributed by atoms with Gasteiger partial charge in [0.05, 0.1) is 13.5 Å². The highest BCUT2D eigenvalue weighted by Crippen LogP contribution is 1.95. The van der Waals surface area contributed by atoms with Crippen LogP contribution >= 0.6 is 0 Å². The first kappa shape index (κ1) is 19.7. The lowest BCUT2D eigenvalue weighted by atomic mass is 10.3. The molecule has 3 heteroatoms. The van der Waals surface area contributed by atoms with Crippen LogP contribution in [0.4, 0.5) is 0 Å². The first-order chi connectivity index (χ1) is 7.07. The van der Waals surface area contributed by atoms with Crippen LogP contribution < -0.4 is 0 Å². The van der Waals surface area contributed by atoms with Crippen LogP contribution in [0.1, 0.15) is 34.1 Å². The van der Waals surface area contributed by atoms with Gasteiger partial charge in [-0.25, -0.2) is 0 Å². The molecule has 0 heterocycles. The molecule has 92 valence electrons. The zero-order valence-electron chi connectivity index (χ0n) is 11.2. The summed E-state index contributed by atoms with van der Waals surface area (Å²) in [5.41, 5.74) is 0. The fourth-order valence-electron chi connectivity index (χ4n) is 0.628. The summed E-state index contributed by atoms with van der Waals surface area (Å²) in [6.07, 6.45) is 0.477. The Morgan fingerprint density at radius 3 is 2.00 bits per heavy atom. The molecule has 0 radical (unpaired) electrons. The van der Waals surface area contributed by atoms with Crippen LogP contribution in [0.25, 0.3) is 0 Å². The summed E-state index contributed by atoms with van der Waals surface area (Å²) in [6, 6.07) is 0.486. The molecule has 0 amide bonds. The average Bonchev–Trinajstić information content (AvgIpc) is 2.30. The summed E-state index contributed by atoms with van der Waals surface area (Å²) in [5, 5.41) is 0. The molecule has 0 saturated heterocycles. The third kappa shape index (κ3) is 15.9. The van der Waals surface area contributed by atoms with Crippen molar-refractivity contribution >= 4 is 5.97 Å². The van der Waals surface area contributed by atoms with Gasteiger partial charge in [-0.1, -0.05) is 13.8 Å². The minimum absolute atomic E-state index is 0.141. The average molecular weight is 217 g/mol. The Bertz CT molecular complexity index is 136. The van der Waals surface area contributed by atoms with Crippen LogP contribution in [-0.4, -0.2) is 37.6 Å². The number of carbonyl (C=O) groups excluding carboxylic acids is 1. The van der Waals surface area contributed by atoms with Crippen LogP contribution in [-0.2, 0) is 9.53 Å². The molecule has 0 aliphatic carbocycles. The number of esters is 1. The maximum Gasteiger partial charge on any atom is 0.306 e. The van der Waals surface area contributed by atoms with E-state index < -0.39 is 0 Å². The normalized spacial score (nSPS) is 8.53. The summed E-state index contributed by atoms with van der Waals surface area (Å²) >= 11 is 0. The third-order valence-electron chi connectivity index (χ3n) is 1.78. The molecule has 0 saturated carbocycles. The Hall–Kier alpha value is -0.830. The van der Waals surface area contributed by atoms with Crippen molar-refractivity contribution in [2.75, 3.05) is 20.7 Å². The van der Waals surface area contributed by atoms with Gasteiger partial charge < -0.3 is 9.64 Å². The number of methoxy groups -OCH3 is 1. The van der Waals surface area contributed by atoms with Gasteiger partial charge in [0, 0.05) is 12.6 Å². The molecule has 0 aliphatic rings. The summed E-state index contributed by atoms with van der Waals surface area (Å²) in [6.45, 7) is 15.0. The predicted molar refractivity (Wildman–Crippen MR) is 67.0 cm³/mol. The monoisotopic (exact) mass is 217 g/mol. The highest BCUT2D eigenvalue weighted by Gasteiger charge is 2.05. The van der Waals surface area contributed by atoms with Crippen LogP contribution in [0.15, 0.2) is 13.2 Å². The molecule has 0 aromatic rings. The molecule has 0 unspecified atom stereocenters. The Morgan fingerprint density at radius 2 is 1.73 bits per heavy atom. The van der Waals surface area contributed by atoms with Crippen molar-refractivity contribution in [2.24, 2.45) is 0 Å². The summed E-state index contributed by atoms with van der Waals surface area (Å²) < 4.78 is 4.51. The minimum atomic E-state index is -0.141. The maximum absolute atomic E-state index is 10.7. The van der Waals surface area contributed by atoms with Crippen LogP contribution in [0.2, 0.25) is 0 Å². The summed E-state index contributed by atoms with van der Waals surface area (Å²) in [7, 11) is 3.41.